The number of rotatable bonds is 5. The molecule has 0 spiro atoms. The summed E-state index contributed by atoms with van der Waals surface area (Å²) < 4.78 is 13.3. The molecule has 3 aromatic heterocycles. The molecule has 0 fully saturated rings. The van der Waals surface area contributed by atoms with Crippen LogP contribution in [0.25, 0.3) is 77.8 Å². The van der Waals surface area contributed by atoms with E-state index < -0.39 is 0 Å². The lowest BCUT2D eigenvalue weighted by atomic mass is 9.82. The Hall–Kier alpha value is -6.98. The van der Waals surface area contributed by atoms with Crippen LogP contribution in [-0.2, 0) is 5.41 Å². The van der Waals surface area contributed by atoms with Crippen molar-refractivity contribution < 1.29 is 8.83 Å². The normalized spacial score (nSPS) is 13.1. The van der Waals surface area contributed by atoms with Gasteiger partial charge in [0.15, 0.2) is 17.0 Å². The monoisotopic (exact) mass is 695 g/mol. The van der Waals surface area contributed by atoms with Crippen molar-refractivity contribution in [2.45, 2.75) is 19.3 Å². The first kappa shape index (κ1) is 30.6. The Bertz CT molecular complexity index is 3090. The Morgan fingerprint density at radius 2 is 1.13 bits per heavy atom. The van der Waals surface area contributed by atoms with E-state index in [-0.39, 0.29) is 5.41 Å². The molecule has 0 radical (unpaired) electrons. The third-order valence-electron chi connectivity index (χ3n) is 11.1. The number of furan rings is 2. The number of hydrogen-bond donors (Lipinski definition) is 0. The van der Waals surface area contributed by atoms with Gasteiger partial charge in [-0.1, -0.05) is 123 Å². The molecule has 0 amide bonds. The van der Waals surface area contributed by atoms with Crippen LogP contribution in [0.4, 0.5) is 17.1 Å². The van der Waals surface area contributed by atoms with Crippen LogP contribution in [0, 0.1) is 0 Å². The van der Waals surface area contributed by atoms with Gasteiger partial charge >= 0.3 is 0 Å². The molecule has 54 heavy (non-hydrogen) atoms. The summed E-state index contributed by atoms with van der Waals surface area (Å²) in [5, 5.41) is 2.92. The molecule has 0 N–H and O–H groups in total. The van der Waals surface area contributed by atoms with Gasteiger partial charge in [-0.15, -0.1) is 0 Å². The zero-order valence-corrected chi connectivity index (χ0v) is 29.7. The number of aromatic nitrogens is 2. The van der Waals surface area contributed by atoms with Crippen molar-refractivity contribution in [2.24, 2.45) is 0 Å². The van der Waals surface area contributed by atoms with E-state index in [1.807, 2.05) is 48.5 Å². The van der Waals surface area contributed by atoms with Gasteiger partial charge in [0, 0.05) is 44.1 Å². The van der Waals surface area contributed by atoms with Gasteiger partial charge in [-0.2, -0.15) is 0 Å². The first-order valence-electron chi connectivity index (χ1n) is 18.3. The molecular formula is C49H33N3O2. The number of anilines is 3. The average Bonchev–Trinajstić information content (AvgIpc) is 3.87. The fourth-order valence-electron chi connectivity index (χ4n) is 8.52. The molecule has 0 atom stereocenters. The summed E-state index contributed by atoms with van der Waals surface area (Å²) in [5.41, 5.74) is 14.5. The highest BCUT2D eigenvalue weighted by Gasteiger charge is 2.36. The van der Waals surface area contributed by atoms with Gasteiger partial charge in [0.1, 0.15) is 22.4 Å². The largest absolute Gasteiger partial charge is 0.454 e. The van der Waals surface area contributed by atoms with Crippen LogP contribution in [0.3, 0.4) is 0 Å². The Morgan fingerprint density at radius 1 is 0.500 bits per heavy atom. The summed E-state index contributed by atoms with van der Waals surface area (Å²) in [6.07, 6.45) is 0. The first-order chi connectivity index (χ1) is 26.5. The van der Waals surface area contributed by atoms with Gasteiger partial charge < -0.3 is 13.7 Å². The third-order valence-corrected chi connectivity index (χ3v) is 11.1. The highest BCUT2D eigenvalue weighted by Crippen LogP contribution is 2.52. The van der Waals surface area contributed by atoms with Crippen molar-refractivity contribution in [1.82, 2.24) is 9.97 Å². The quantitative estimate of drug-likeness (QED) is 0.179. The molecule has 0 unspecified atom stereocenters. The number of para-hydroxylation sites is 3. The van der Waals surface area contributed by atoms with Gasteiger partial charge in [0.05, 0.1) is 5.69 Å². The SMILES string of the molecule is CC1(C)c2ccccc2-c2ccc(N(c3ccccc3)c3ccc(-c4nc(-c5ccccc5)c5oc6ccccc6c5n4)c4c3oc3ccccc34)cc21. The molecule has 10 aromatic rings. The molecule has 0 saturated heterocycles. The van der Waals surface area contributed by atoms with Gasteiger partial charge in [-0.05, 0) is 76.9 Å². The lowest BCUT2D eigenvalue weighted by molar-refractivity contribution is 0.660. The topological polar surface area (TPSA) is 55.3 Å². The average molecular weight is 696 g/mol. The van der Waals surface area contributed by atoms with Crippen molar-refractivity contribution in [3.8, 4) is 33.8 Å². The summed E-state index contributed by atoms with van der Waals surface area (Å²) in [6, 6.07) is 57.0. The Kier molecular flexibility index (Phi) is 6.53. The highest BCUT2D eigenvalue weighted by atomic mass is 16.3. The molecule has 5 nitrogen and oxygen atoms in total. The summed E-state index contributed by atoms with van der Waals surface area (Å²) >= 11 is 0. The van der Waals surface area contributed by atoms with Crippen LogP contribution < -0.4 is 4.90 Å². The molecular weight excluding hydrogens is 663 g/mol. The van der Waals surface area contributed by atoms with E-state index in [2.05, 4.69) is 134 Å². The van der Waals surface area contributed by atoms with Gasteiger partial charge in [-0.25, -0.2) is 9.97 Å². The lowest BCUT2D eigenvalue weighted by Crippen LogP contribution is -2.16. The molecule has 1 aliphatic rings. The lowest BCUT2D eigenvalue weighted by Gasteiger charge is -2.28. The van der Waals surface area contributed by atoms with E-state index in [4.69, 9.17) is 18.8 Å². The van der Waals surface area contributed by atoms with Crippen LogP contribution in [0.2, 0.25) is 0 Å². The van der Waals surface area contributed by atoms with Gasteiger partial charge in [-0.3, -0.25) is 0 Å². The Balaban J connectivity index is 1.18. The fourth-order valence-corrected chi connectivity index (χ4v) is 8.52. The zero-order chi connectivity index (χ0) is 36.0. The third kappa shape index (κ3) is 4.45. The number of nitrogens with zero attached hydrogens (tertiary/aromatic N) is 3. The van der Waals surface area contributed by atoms with Crippen LogP contribution in [-0.4, -0.2) is 9.97 Å². The minimum Gasteiger partial charge on any atom is -0.454 e. The van der Waals surface area contributed by atoms with E-state index in [9.17, 15) is 0 Å². The zero-order valence-electron chi connectivity index (χ0n) is 29.7. The minimum atomic E-state index is -0.146. The fraction of sp³-hybridized carbons (Fsp3) is 0.0612. The van der Waals surface area contributed by atoms with Crippen molar-refractivity contribution in [3.63, 3.8) is 0 Å². The number of hydrogen-bond acceptors (Lipinski definition) is 5. The summed E-state index contributed by atoms with van der Waals surface area (Å²) in [4.78, 5) is 12.9. The molecule has 256 valence electrons. The van der Waals surface area contributed by atoms with Gasteiger partial charge in [0.2, 0.25) is 0 Å². The Morgan fingerprint density at radius 3 is 1.94 bits per heavy atom. The molecule has 7 aromatic carbocycles. The molecule has 3 heterocycles. The van der Waals surface area contributed by atoms with Crippen LogP contribution in [0.1, 0.15) is 25.0 Å². The maximum atomic E-state index is 6.90. The number of fused-ring (bicyclic) bond motifs is 9. The van der Waals surface area contributed by atoms with Crippen LogP contribution >= 0.6 is 0 Å². The molecule has 0 saturated carbocycles. The van der Waals surface area contributed by atoms with E-state index in [0.29, 0.717) is 11.4 Å². The second-order valence-corrected chi connectivity index (χ2v) is 14.5. The summed E-state index contributed by atoms with van der Waals surface area (Å²) in [6.45, 7) is 4.65. The van der Waals surface area contributed by atoms with E-state index in [1.54, 1.807) is 0 Å². The van der Waals surface area contributed by atoms with Crippen molar-refractivity contribution in [2.75, 3.05) is 4.90 Å². The predicted octanol–water partition coefficient (Wildman–Crippen LogP) is 13.4. The summed E-state index contributed by atoms with van der Waals surface area (Å²) in [7, 11) is 0. The molecule has 0 bridgehead atoms. The first-order valence-corrected chi connectivity index (χ1v) is 18.3. The second kappa shape index (κ2) is 11.5. The molecule has 11 rings (SSSR count). The van der Waals surface area contributed by atoms with E-state index >= 15 is 0 Å². The van der Waals surface area contributed by atoms with Crippen molar-refractivity contribution in [3.05, 3.63) is 175 Å². The molecule has 1 aliphatic carbocycles. The van der Waals surface area contributed by atoms with Gasteiger partial charge in [0.25, 0.3) is 0 Å². The van der Waals surface area contributed by atoms with E-state index in [0.717, 1.165) is 72.3 Å². The summed E-state index contributed by atoms with van der Waals surface area (Å²) in [5.74, 6) is 0.610. The van der Waals surface area contributed by atoms with Crippen LogP contribution in [0.5, 0.6) is 0 Å². The van der Waals surface area contributed by atoms with Crippen molar-refractivity contribution in [1.29, 1.82) is 0 Å². The highest BCUT2D eigenvalue weighted by molar-refractivity contribution is 6.17. The smallest absolute Gasteiger partial charge is 0.180 e. The van der Waals surface area contributed by atoms with Crippen LogP contribution in [0.15, 0.2) is 173 Å². The van der Waals surface area contributed by atoms with Crippen molar-refractivity contribution >= 4 is 61.1 Å². The molecule has 0 aliphatic heterocycles. The minimum absolute atomic E-state index is 0.146. The maximum absolute atomic E-state index is 6.90. The maximum Gasteiger partial charge on any atom is 0.180 e. The van der Waals surface area contributed by atoms with E-state index in [1.165, 1.54) is 22.3 Å². The predicted molar refractivity (Wildman–Crippen MR) is 220 cm³/mol. The Labute approximate surface area is 311 Å². The molecule has 5 heteroatoms. The number of benzene rings is 7. The second-order valence-electron chi connectivity index (χ2n) is 14.5. The standard InChI is InChI=1S/C49H33N3O2/c1-49(2)38-22-12-9-19-33(38)34-26-25-32(29-39(34)49)52(31-17-7-4-8-18-31)40-28-27-37(43-35-20-10-13-23-41(35)53-46(40)43)48-50-44(30-15-5-3-6-16-30)47-45(51-48)36-21-11-14-24-42(36)54-47/h3-29H,1-2H3.